The highest BCUT2D eigenvalue weighted by Gasteiger charge is 2.39. The molecule has 0 fully saturated rings. The van der Waals surface area contributed by atoms with E-state index in [4.69, 9.17) is 48.2 Å². The van der Waals surface area contributed by atoms with Crippen LogP contribution in [0.15, 0.2) is 85.7 Å². The van der Waals surface area contributed by atoms with E-state index in [-0.39, 0.29) is 35.8 Å². The summed E-state index contributed by atoms with van der Waals surface area (Å²) in [6, 6.07) is 13.9. The number of nitrogens with zero attached hydrogens (tertiary/aromatic N) is 9. The maximum absolute atomic E-state index is 13.7. The predicted molar refractivity (Wildman–Crippen MR) is 298 cm³/mol. The third-order valence-corrected chi connectivity index (χ3v) is 14.3. The van der Waals surface area contributed by atoms with Crippen molar-refractivity contribution < 1.29 is 55.3 Å². The van der Waals surface area contributed by atoms with E-state index in [1.165, 1.54) is 16.2 Å². The Morgan fingerprint density at radius 3 is 1.38 bits per heavy atom. The lowest BCUT2D eigenvalue weighted by Gasteiger charge is -2.32. The molecule has 0 aliphatic rings. The molecule has 6 aromatic rings. The summed E-state index contributed by atoms with van der Waals surface area (Å²) in [5, 5.41) is 3.79. The highest BCUT2D eigenvalue weighted by molar-refractivity contribution is 7.48. The predicted octanol–water partition coefficient (Wildman–Crippen LogP) is 13.7. The van der Waals surface area contributed by atoms with Crippen molar-refractivity contribution in [2.24, 2.45) is 0 Å². The second kappa shape index (κ2) is 28.1. The molecule has 0 radical (unpaired) electrons. The molecule has 27 heteroatoms. The monoisotopic (exact) mass is 1160 g/mol. The average molecular weight is 1160 g/mol. The zero-order chi connectivity index (χ0) is 57.4. The Balaban J connectivity index is 0.000000279. The highest BCUT2D eigenvalue weighted by atomic mass is 35.5. The molecule has 0 atom stereocenters. The standard InChI is InChI=1S/C25H34N5O6PS.C16H15N5O2S.C9H20ClO4P/c1-17(2)34-21(31)20-19(18-12-9-10-13-26-18)29-23(38-20)30(22-27-14-11-15-28-22)16-33-37(32,35-24(3,4)5)36-25(6,7)8;1-10(2)23-14(22)13-12(11-6-3-4-7-17-11)20-16(24-13)21-15-18-8-5-9-19-15;1-8(2,3)13-15(11,12-7-10)14-9(4,5)6/h9-15,17H,16H2,1-8H3;3-10H,1-2H3,(H,18,19,20,21);7H2,1-6H3. The van der Waals surface area contributed by atoms with Gasteiger partial charge in [0.15, 0.2) is 10.3 Å². The molecule has 0 aliphatic carbocycles. The van der Waals surface area contributed by atoms with Gasteiger partial charge in [-0.05, 0) is 147 Å². The molecule has 0 unspecified atom stereocenters. The van der Waals surface area contributed by atoms with Gasteiger partial charge in [0.25, 0.3) is 0 Å². The largest absolute Gasteiger partial charge is 0.477 e. The Morgan fingerprint density at radius 1 is 0.571 bits per heavy atom. The van der Waals surface area contributed by atoms with Crippen LogP contribution in [0.25, 0.3) is 22.8 Å². The van der Waals surface area contributed by atoms with E-state index in [1.54, 1.807) is 190 Å². The fourth-order valence-electron chi connectivity index (χ4n) is 5.72. The number of phosphoric ester groups is 2. The van der Waals surface area contributed by atoms with Crippen LogP contribution in [0.4, 0.5) is 22.2 Å². The quantitative estimate of drug-likeness (QED) is 0.0342. The van der Waals surface area contributed by atoms with Gasteiger partial charge in [0.1, 0.15) is 33.9 Å². The Labute approximate surface area is 463 Å². The van der Waals surface area contributed by atoms with Gasteiger partial charge >= 0.3 is 27.6 Å². The second-order valence-electron chi connectivity index (χ2n) is 20.6. The maximum Gasteiger partial charge on any atom is 0.477 e. The zero-order valence-corrected chi connectivity index (χ0v) is 50.3. The van der Waals surface area contributed by atoms with Crippen molar-refractivity contribution in [3.8, 4) is 22.8 Å². The first-order valence-electron chi connectivity index (χ1n) is 24.0. The number of ether oxygens (including phenoxy) is 2. The number of nitrogens with one attached hydrogen (secondary N) is 1. The summed E-state index contributed by atoms with van der Waals surface area (Å²) in [5.74, 6) is -0.361. The summed E-state index contributed by atoms with van der Waals surface area (Å²) in [6.45, 7) is 27.9. The lowest BCUT2D eigenvalue weighted by Crippen LogP contribution is -2.28. The van der Waals surface area contributed by atoms with Gasteiger partial charge in [0.2, 0.25) is 11.9 Å². The van der Waals surface area contributed by atoms with Gasteiger partial charge in [0.05, 0.1) is 46.0 Å². The molecule has 6 heterocycles. The lowest BCUT2D eigenvalue weighted by atomic mass is 10.2. The number of pyridine rings is 2. The first-order valence-corrected chi connectivity index (χ1v) is 29.1. The SMILES string of the molecule is CC(C)(C)OP(=O)(OCCl)OC(C)(C)C.CC(C)OC(=O)c1sc(N(COP(=O)(OC(C)(C)C)OC(C)(C)C)c2ncccn2)nc1-c1ccccn1.CC(C)OC(=O)c1sc(Nc2ncccn2)nc1-c1ccccn1. The van der Waals surface area contributed by atoms with Crippen LogP contribution in [-0.4, -0.2) is 99.2 Å². The third kappa shape index (κ3) is 22.9. The molecule has 0 aromatic carbocycles. The maximum atomic E-state index is 13.7. The van der Waals surface area contributed by atoms with Crippen molar-refractivity contribution in [2.75, 3.05) is 23.0 Å². The average Bonchev–Trinajstić information content (AvgIpc) is 3.94. The summed E-state index contributed by atoms with van der Waals surface area (Å²) in [5.41, 5.74) is -0.988. The number of rotatable bonds is 19. The van der Waals surface area contributed by atoms with Crippen LogP contribution in [0.3, 0.4) is 0 Å². The van der Waals surface area contributed by atoms with E-state index >= 15 is 0 Å². The molecule has 6 rings (SSSR count). The normalized spacial score (nSPS) is 12.3. The number of alkyl halides is 1. The number of carbonyl (C=O) groups is 2. The van der Waals surface area contributed by atoms with Crippen LogP contribution in [0.1, 0.15) is 130 Å². The van der Waals surface area contributed by atoms with Crippen molar-refractivity contribution in [3.05, 3.63) is 95.5 Å². The van der Waals surface area contributed by atoms with Crippen LogP contribution >= 0.6 is 49.9 Å². The number of carbonyl (C=O) groups excluding carboxylic acids is 2. The van der Waals surface area contributed by atoms with Crippen molar-refractivity contribution in [2.45, 2.75) is 145 Å². The Bertz CT molecular complexity index is 2840. The van der Waals surface area contributed by atoms with E-state index in [2.05, 4.69) is 45.2 Å². The Kier molecular flexibility index (Phi) is 23.4. The molecule has 0 spiro atoms. The van der Waals surface area contributed by atoms with Gasteiger partial charge in [-0.15, -0.1) is 0 Å². The van der Waals surface area contributed by atoms with Crippen molar-refractivity contribution >= 4 is 84.0 Å². The van der Waals surface area contributed by atoms with E-state index in [9.17, 15) is 18.7 Å². The number of thiazole rings is 2. The van der Waals surface area contributed by atoms with Crippen molar-refractivity contribution in [1.82, 2.24) is 39.9 Å². The topological polar surface area (TPSA) is 261 Å². The summed E-state index contributed by atoms with van der Waals surface area (Å²) < 4.78 is 69.3. The molecule has 0 amide bonds. The van der Waals surface area contributed by atoms with Crippen LogP contribution in [-0.2, 0) is 45.7 Å². The van der Waals surface area contributed by atoms with Gasteiger partial charge in [-0.25, -0.2) is 48.6 Å². The number of phosphoric acid groups is 2. The molecule has 420 valence electrons. The smallest absolute Gasteiger partial charge is 0.459 e. The van der Waals surface area contributed by atoms with Gasteiger partial charge in [0, 0.05) is 37.2 Å². The van der Waals surface area contributed by atoms with Crippen molar-refractivity contribution in [1.29, 1.82) is 0 Å². The molecule has 22 nitrogen and oxygen atoms in total. The molecule has 0 saturated heterocycles. The number of esters is 2. The molecule has 0 aliphatic heterocycles. The molecular formula is C50H69ClN10O12P2S2. The Morgan fingerprint density at radius 2 is 0.974 bits per heavy atom. The summed E-state index contributed by atoms with van der Waals surface area (Å²) in [6.07, 6.45) is 9.05. The minimum atomic E-state index is -4.08. The van der Waals surface area contributed by atoms with Gasteiger partial charge in [-0.2, -0.15) is 0 Å². The van der Waals surface area contributed by atoms with Crippen LogP contribution in [0.2, 0.25) is 0 Å². The number of hydrogen-bond acceptors (Lipinski definition) is 24. The second-order valence-corrected chi connectivity index (χ2v) is 25.8. The minimum absolute atomic E-state index is 0.204. The summed E-state index contributed by atoms with van der Waals surface area (Å²) >= 11 is 7.62. The van der Waals surface area contributed by atoms with Crippen LogP contribution in [0, 0.1) is 0 Å². The zero-order valence-electron chi connectivity index (χ0n) is 46.2. The number of aromatic nitrogens is 8. The molecule has 0 saturated carbocycles. The van der Waals surface area contributed by atoms with E-state index < -0.39 is 50.0 Å². The minimum Gasteiger partial charge on any atom is -0.459 e. The number of halogens is 1. The van der Waals surface area contributed by atoms with Gasteiger partial charge < -0.3 is 14.8 Å². The highest BCUT2D eigenvalue weighted by Crippen LogP contribution is 2.57. The molecule has 6 aromatic heterocycles. The molecule has 0 bridgehead atoms. The summed E-state index contributed by atoms with van der Waals surface area (Å²) in [7, 11) is -7.68. The van der Waals surface area contributed by atoms with Crippen LogP contribution < -0.4 is 10.2 Å². The third-order valence-electron chi connectivity index (χ3n) is 8.02. The number of anilines is 4. The summed E-state index contributed by atoms with van der Waals surface area (Å²) in [4.78, 5) is 62.1. The van der Waals surface area contributed by atoms with Crippen molar-refractivity contribution in [3.63, 3.8) is 0 Å². The fourth-order valence-corrected chi connectivity index (χ4v) is 11.2. The first kappa shape index (κ1) is 64.3. The number of hydrogen-bond donors (Lipinski definition) is 1. The molecular weight excluding hydrogens is 1090 g/mol. The Hall–Kier alpha value is -5.23. The van der Waals surface area contributed by atoms with E-state index in [0.29, 0.717) is 43.9 Å². The lowest BCUT2D eigenvalue weighted by molar-refractivity contribution is 0.00343. The molecule has 1 N–H and O–H groups in total. The van der Waals surface area contributed by atoms with Gasteiger partial charge in [-0.3, -0.25) is 42.0 Å². The van der Waals surface area contributed by atoms with Crippen LogP contribution in [0.5, 0.6) is 0 Å². The van der Waals surface area contributed by atoms with E-state index in [1.807, 2.05) is 6.07 Å². The fraction of sp³-hybridized carbons (Fsp3) is 0.480. The first-order chi connectivity index (χ1) is 35.8. The molecule has 77 heavy (non-hydrogen) atoms. The van der Waals surface area contributed by atoms with E-state index in [0.717, 1.165) is 11.3 Å². The van der Waals surface area contributed by atoms with Gasteiger partial charge in [-0.1, -0.05) is 46.4 Å².